The number of carbonyl (C=O) groups excluding carboxylic acids is 1. The third kappa shape index (κ3) is 3.96. The lowest BCUT2D eigenvalue weighted by atomic mass is 10.1. The molecule has 6 heteroatoms. The smallest absolute Gasteiger partial charge is 0.224 e. The predicted octanol–water partition coefficient (Wildman–Crippen LogP) is 2.78. The quantitative estimate of drug-likeness (QED) is 0.784. The van der Waals surface area contributed by atoms with Crippen LogP contribution in [0.4, 0.5) is 0 Å². The zero-order chi connectivity index (χ0) is 16.1. The Bertz CT molecular complexity index is 785. The summed E-state index contributed by atoms with van der Waals surface area (Å²) >= 11 is 5.84. The Labute approximate surface area is 139 Å². The van der Waals surface area contributed by atoms with Crippen molar-refractivity contribution in [3.8, 4) is 5.82 Å². The van der Waals surface area contributed by atoms with Gasteiger partial charge in [0.15, 0.2) is 0 Å². The molecule has 0 bridgehead atoms. The highest BCUT2D eigenvalue weighted by Gasteiger charge is 2.08. The molecule has 5 nitrogen and oxygen atoms in total. The van der Waals surface area contributed by atoms with Crippen molar-refractivity contribution in [3.63, 3.8) is 0 Å². The highest BCUT2D eigenvalue weighted by Crippen LogP contribution is 2.12. The topological polar surface area (TPSA) is 59.8 Å². The molecule has 0 aliphatic carbocycles. The predicted molar refractivity (Wildman–Crippen MR) is 88.4 cm³/mol. The van der Waals surface area contributed by atoms with Crippen molar-refractivity contribution in [3.05, 3.63) is 77.5 Å². The van der Waals surface area contributed by atoms with Gasteiger partial charge < -0.3 is 5.32 Å². The van der Waals surface area contributed by atoms with E-state index in [1.54, 1.807) is 30.9 Å². The molecule has 0 spiro atoms. The third-order valence-corrected chi connectivity index (χ3v) is 3.62. The minimum absolute atomic E-state index is 0.0484. The van der Waals surface area contributed by atoms with Gasteiger partial charge in [-0.3, -0.25) is 9.36 Å². The second-order valence-electron chi connectivity index (χ2n) is 5.04. The van der Waals surface area contributed by atoms with Gasteiger partial charge in [0, 0.05) is 35.7 Å². The van der Waals surface area contributed by atoms with Crippen LogP contribution in [0.25, 0.3) is 5.82 Å². The van der Waals surface area contributed by atoms with Crippen molar-refractivity contribution in [2.75, 3.05) is 0 Å². The average Bonchev–Trinajstić information content (AvgIpc) is 3.10. The van der Waals surface area contributed by atoms with Gasteiger partial charge in [0.1, 0.15) is 12.1 Å². The molecule has 1 N–H and O–H groups in total. The third-order valence-electron chi connectivity index (χ3n) is 3.37. The summed E-state index contributed by atoms with van der Waals surface area (Å²) in [4.78, 5) is 20.5. The minimum Gasteiger partial charge on any atom is -0.352 e. The van der Waals surface area contributed by atoms with E-state index in [1.807, 2.05) is 35.0 Å². The molecule has 0 radical (unpaired) electrons. The van der Waals surface area contributed by atoms with Gasteiger partial charge in [-0.05, 0) is 23.8 Å². The maximum atomic E-state index is 12.1. The molecule has 0 fully saturated rings. The van der Waals surface area contributed by atoms with Gasteiger partial charge in [-0.1, -0.05) is 29.8 Å². The van der Waals surface area contributed by atoms with Gasteiger partial charge in [-0.15, -0.1) is 0 Å². The van der Waals surface area contributed by atoms with Crippen LogP contribution in [-0.2, 0) is 17.8 Å². The van der Waals surface area contributed by atoms with Crippen LogP contribution >= 0.6 is 11.6 Å². The molecule has 0 atom stereocenters. The van der Waals surface area contributed by atoms with E-state index in [2.05, 4.69) is 15.3 Å². The number of benzene rings is 1. The lowest BCUT2D eigenvalue weighted by molar-refractivity contribution is -0.120. The first-order valence-electron chi connectivity index (χ1n) is 7.16. The molecule has 1 amide bonds. The maximum absolute atomic E-state index is 12.1. The van der Waals surface area contributed by atoms with E-state index >= 15 is 0 Å². The van der Waals surface area contributed by atoms with Gasteiger partial charge in [0.2, 0.25) is 5.91 Å². The Morgan fingerprint density at radius 2 is 2.00 bits per heavy atom. The summed E-state index contributed by atoms with van der Waals surface area (Å²) in [5.74, 6) is 0.713. The summed E-state index contributed by atoms with van der Waals surface area (Å²) in [5, 5.41) is 3.58. The fourth-order valence-corrected chi connectivity index (χ4v) is 2.36. The van der Waals surface area contributed by atoms with Crippen molar-refractivity contribution >= 4 is 17.5 Å². The molecule has 0 saturated heterocycles. The fraction of sp³-hybridized carbons (Fsp3) is 0.118. The number of carbonyl (C=O) groups is 1. The van der Waals surface area contributed by atoms with Crippen molar-refractivity contribution in [1.82, 2.24) is 19.9 Å². The molecule has 3 rings (SSSR count). The SMILES string of the molecule is O=C(Cc1ccc(Cl)cc1)NCc1cccnc1-n1ccnc1. The van der Waals surface area contributed by atoms with Crippen molar-refractivity contribution in [2.24, 2.45) is 0 Å². The normalized spacial score (nSPS) is 10.5. The Morgan fingerprint density at radius 3 is 2.74 bits per heavy atom. The van der Waals surface area contributed by atoms with Crippen LogP contribution < -0.4 is 5.32 Å². The van der Waals surface area contributed by atoms with E-state index < -0.39 is 0 Å². The first kappa shape index (κ1) is 15.2. The highest BCUT2D eigenvalue weighted by atomic mass is 35.5. The van der Waals surface area contributed by atoms with Crippen LogP contribution in [0.1, 0.15) is 11.1 Å². The number of amides is 1. The Balaban J connectivity index is 1.64. The summed E-state index contributed by atoms with van der Waals surface area (Å²) in [6.45, 7) is 0.410. The van der Waals surface area contributed by atoms with E-state index in [-0.39, 0.29) is 5.91 Å². The molecule has 2 aromatic heterocycles. The van der Waals surface area contributed by atoms with Crippen LogP contribution in [0.3, 0.4) is 0 Å². The second-order valence-corrected chi connectivity index (χ2v) is 5.47. The first-order chi connectivity index (χ1) is 11.2. The average molecular weight is 327 g/mol. The van der Waals surface area contributed by atoms with E-state index in [0.29, 0.717) is 18.0 Å². The second kappa shape index (κ2) is 7.07. The Hall–Kier alpha value is -2.66. The number of nitrogens with one attached hydrogen (secondary N) is 1. The van der Waals surface area contributed by atoms with Gasteiger partial charge in [0.25, 0.3) is 0 Å². The molecule has 0 saturated carbocycles. The zero-order valence-electron chi connectivity index (χ0n) is 12.3. The summed E-state index contributed by atoms with van der Waals surface area (Å²) in [6, 6.07) is 11.0. The summed E-state index contributed by atoms with van der Waals surface area (Å²) in [5.41, 5.74) is 1.85. The standard InChI is InChI=1S/C17H15ClN4O/c18-15-5-3-13(4-6-15)10-16(23)21-11-14-2-1-7-20-17(14)22-9-8-19-12-22/h1-9,12H,10-11H2,(H,21,23). The number of hydrogen-bond acceptors (Lipinski definition) is 3. The highest BCUT2D eigenvalue weighted by molar-refractivity contribution is 6.30. The van der Waals surface area contributed by atoms with E-state index in [1.165, 1.54) is 0 Å². The van der Waals surface area contributed by atoms with E-state index in [4.69, 9.17) is 11.6 Å². The van der Waals surface area contributed by atoms with Crippen molar-refractivity contribution < 1.29 is 4.79 Å². The maximum Gasteiger partial charge on any atom is 0.224 e. The number of imidazole rings is 1. The zero-order valence-corrected chi connectivity index (χ0v) is 13.1. The van der Waals surface area contributed by atoms with Gasteiger partial charge in [-0.25, -0.2) is 9.97 Å². The number of pyridine rings is 1. The lowest BCUT2D eigenvalue weighted by Crippen LogP contribution is -2.25. The first-order valence-corrected chi connectivity index (χ1v) is 7.53. The number of halogens is 1. The van der Waals surface area contributed by atoms with E-state index in [0.717, 1.165) is 16.9 Å². The molecule has 0 aliphatic rings. The minimum atomic E-state index is -0.0484. The largest absolute Gasteiger partial charge is 0.352 e. The van der Waals surface area contributed by atoms with Crippen LogP contribution in [0.15, 0.2) is 61.3 Å². The van der Waals surface area contributed by atoms with E-state index in [9.17, 15) is 4.79 Å². The van der Waals surface area contributed by atoms with Gasteiger partial charge in [-0.2, -0.15) is 0 Å². The summed E-state index contributed by atoms with van der Waals surface area (Å²) < 4.78 is 1.82. The van der Waals surface area contributed by atoms with Crippen LogP contribution in [-0.4, -0.2) is 20.4 Å². The van der Waals surface area contributed by atoms with Gasteiger partial charge in [0.05, 0.1) is 6.42 Å². The monoisotopic (exact) mass is 326 g/mol. The molecular weight excluding hydrogens is 312 g/mol. The summed E-state index contributed by atoms with van der Waals surface area (Å²) in [6.07, 6.45) is 7.23. The summed E-state index contributed by atoms with van der Waals surface area (Å²) in [7, 11) is 0. The number of nitrogens with zero attached hydrogens (tertiary/aromatic N) is 3. The number of rotatable bonds is 5. The molecule has 0 aliphatic heterocycles. The molecule has 23 heavy (non-hydrogen) atoms. The molecule has 2 heterocycles. The molecule has 0 unspecified atom stereocenters. The number of aromatic nitrogens is 3. The molecule has 1 aromatic carbocycles. The fourth-order valence-electron chi connectivity index (χ4n) is 2.23. The Morgan fingerprint density at radius 1 is 1.17 bits per heavy atom. The van der Waals surface area contributed by atoms with Crippen LogP contribution in [0.2, 0.25) is 5.02 Å². The molecule has 116 valence electrons. The van der Waals surface area contributed by atoms with Crippen LogP contribution in [0.5, 0.6) is 0 Å². The van der Waals surface area contributed by atoms with Crippen LogP contribution in [0, 0.1) is 0 Å². The molecular formula is C17H15ClN4O. The van der Waals surface area contributed by atoms with Gasteiger partial charge >= 0.3 is 0 Å². The molecule has 3 aromatic rings. The Kier molecular flexibility index (Phi) is 4.68. The number of hydrogen-bond donors (Lipinski definition) is 1. The van der Waals surface area contributed by atoms with Crippen molar-refractivity contribution in [2.45, 2.75) is 13.0 Å². The van der Waals surface area contributed by atoms with Crippen molar-refractivity contribution in [1.29, 1.82) is 0 Å². The lowest BCUT2D eigenvalue weighted by Gasteiger charge is -2.10.